The number of aromatic nitrogens is 3. The fourth-order valence-corrected chi connectivity index (χ4v) is 1.73. The number of hydrogen-bond donors (Lipinski definition) is 1. The molecule has 102 valence electrons. The number of nitrogens with zero attached hydrogens (tertiary/aromatic N) is 2. The SMILES string of the molecule is FC(F)(F)c1cccc(Oc2ccc3nc[nH]c3c2)n1. The van der Waals surface area contributed by atoms with E-state index in [1.165, 1.54) is 18.5 Å². The van der Waals surface area contributed by atoms with Gasteiger partial charge in [0.25, 0.3) is 0 Å². The van der Waals surface area contributed by atoms with Crippen molar-refractivity contribution in [2.45, 2.75) is 6.18 Å². The monoisotopic (exact) mass is 279 g/mol. The average Bonchev–Trinajstić information content (AvgIpc) is 2.85. The molecule has 2 aromatic heterocycles. The molecule has 3 aromatic rings. The van der Waals surface area contributed by atoms with E-state index in [1.807, 2.05) is 0 Å². The van der Waals surface area contributed by atoms with E-state index in [0.29, 0.717) is 5.75 Å². The number of ether oxygens (including phenoxy) is 1. The van der Waals surface area contributed by atoms with Crippen molar-refractivity contribution in [1.82, 2.24) is 15.0 Å². The van der Waals surface area contributed by atoms with Gasteiger partial charge in [-0.15, -0.1) is 0 Å². The van der Waals surface area contributed by atoms with Crippen LogP contribution in [0.1, 0.15) is 5.69 Å². The Balaban J connectivity index is 1.90. The third-order valence-corrected chi connectivity index (χ3v) is 2.63. The molecular weight excluding hydrogens is 271 g/mol. The Morgan fingerprint density at radius 3 is 2.75 bits per heavy atom. The number of aromatic amines is 1. The van der Waals surface area contributed by atoms with E-state index in [-0.39, 0.29) is 5.88 Å². The summed E-state index contributed by atoms with van der Waals surface area (Å²) in [6.07, 6.45) is -2.97. The lowest BCUT2D eigenvalue weighted by Gasteiger charge is -2.08. The quantitative estimate of drug-likeness (QED) is 0.776. The normalized spacial score (nSPS) is 11.8. The Morgan fingerprint density at radius 1 is 1.10 bits per heavy atom. The smallest absolute Gasteiger partial charge is 0.433 e. The summed E-state index contributed by atoms with van der Waals surface area (Å²) in [6.45, 7) is 0. The number of H-pyrrole nitrogens is 1. The van der Waals surface area contributed by atoms with Gasteiger partial charge >= 0.3 is 6.18 Å². The van der Waals surface area contributed by atoms with Crippen molar-refractivity contribution < 1.29 is 17.9 Å². The number of hydrogen-bond acceptors (Lipinski definition) is 3. The van der Waals surface area contributed by atoms with Crippen LogP contribution >= 0.6 is 0 Å². The minimum absolute atomic E-state index is 0.112. The summed E-state index contributed by atoms with van der Waals surface area (Å²) in [4.78, 5) is 10.4. The zero-order valence-electron chi connectivity index (χ0n) is 9.98. The Kier molecular flexibility index (Phi) is 2.81. The van der Waals surface area contributed by atoms with Crippen LogP contribution in [0, 0.1) is 0 Å². The molecular formula is C13H8F3N3O. The summed E-state index contributed by atoms with van der Waals surface area (Å²) in [5.41, 5.74) is 0.487. The Bertz CT molecular complexity index is 752. The van der Waals surface area contributed by atoms with Gasteiger partial charge in [0.15, 0.2) is 0 Å². The van der Waals surface area contributed by atoms with E-state index in [0.717, 1.165) is 17.1 Å². The van der Waals surface area contributed by atoms with Crippen LogP contribution in [-0.4, -0.2) is 15.0 Å². The van der Waals surface area contributed by atoms with Crippen LogP contribution in [0.2, 0.25) is 0 Å². The molecule has 0 spiro atoms. The highest BCUT2D eigenvalue weighted by atomic mass is 19.4. The molecule has 2 heterocycles. The maximum absolute atomic E-state index is 12.5. The van der Waals surface area contributed by atoms with Crippen LogP contribution in [0.4, 0.5) is 13.2 Å². The number of fused-ring (bicyclic) bond motifs is 1. The van der Waals surface area contributed by atoms with Crippen molar-refractivity contribution in [1.29, 1.82) is 0 Å². The number of nitrogens with one attached hydrogen (secondary N) is 1. The first kappa shape index (κ1) is 12.5. The Hall–Kier alpha value is -2.57. The molecule has 0 atom stereocenters. The molecule has 1 N–H and O–H groups in total. The average molecular weight is 279 g/mol. The summed E-state index contributed by atoms with van der Waals surface area (Å²) in [5, 5.41) is 0. The summed E-state index contributed by atoms with van der Waals surface area (Å²) >= 11 is 0. The van der Waals surface area contributed by atoms with E-state index in [2.05, 4.69) is 15.0 Å². The van der Waals surface area contributed by atoms with E-state index < -0.39 is 11.9 Å². The number of rotatable bonds is 2. The molecule has 0 saturated carbocycles. The topological polar surface area (TPSA) is 50.8 Å². The van der Waals surface area contributed by atoms with Gasteiger partial charge in [-0.1, -0.05) is 6.07 Å². The highest BCUT2D eigenvalue weighted by Crippen LogP contribution is 2.30. The second-order valence-electron chi connectivity index (χ2n) is 4.04. The van der Waals surface area contributed by atoms with Gasteiger partial charge in [-0.25, -0.2) is 9.97 Å². The van der Waals surface area contributed by atoms with Crippen molar-refractivity contribution in [3.63, 3.8) is 0 Å². The largest absolute Gasteiger partial charge is 0.439 e. The van der Waals surface area contributed by atoms with Crippen LogP contribution in [0.25, 0.3) is 11.0 Å². The highest BCUT2D eigenvalue weighted by Gasteiger charge is 2.32. The van der Waals surface area contributed by atoms with Gasteiger partial charge in [-0.05, 0) is 18.2 Å². The number of benzene rings is 1. The predicted octanol–water partition coefficient (Wildman–Crippen LogP) is 3.77. The standard InChI is InChI=1S/C13H8F3N3O/c14-13(15,16)11-2-1-3-12(19-11)20-8-4-5-9-10(6-8)18-7-17-9/h1-7H,(H,17,18). The Labute approximate surface area is 111 Å². The van der Waals surface area contributed by atoms with Crippen molar-refractivity contribution in [3.8, 4) is 11.6 Å². The van der Waals surface area contributed by atoms with Crippen LogP contribution in [0.3, 0.4) is 0 Å². The highest BCUT2D eigenvalue weighted by molar-refractivity contribution is 5.76. The minimum atomic E-state index is -4.49. The van der Waals surface area contributed by atoms with Gasteiger partial charge in [0.2, 0.25) is 5.88 Å². The zero-order valence-corrected chi connectivity index (χ0v) is 9.98. The second kappa shape index (κ2) is 4.52. The van der Waals surface area contributed by atoms with Crippen LogP contribution in [-0.2, 0) is 6.18 Å². The fraction of sp³-hybridized carbons (Fsp3) is 0.0769. The van der Waals surface area contributed by atoms with Crippen molar-refractivity contribution in [2.24, 2.45) is 0 Å². The molecule has 1 aromatic carbocycles. The van der Waals surface area contributed by atoms with E-state index in [1.54, 1.807) is 18.2 Å². The fourth-order valence-electron chi connectivity index (χ4n) is 1.73. The van der Waals surface area contributed by atoms with Gasteiger partial charge in [0.05, 0.1) is 17.4 Å². The van der Waals surface area contributed by atoms with Gasteiger partial charge in [0.1, 0.15) is 11.4 Å². The summed E-state index contributed by atoms with van der Waals surface area (Å²) in [7, 11) is 0. The molecule has 0 saturated heterocycles. The van der Waals surface area contributed by atoms with Crippen LogP contribution < -0.4 is 4.74 Å². The van der Waals surface area contributed by atoms with E-state index in [9.17, 15) is 13.2 Å². The third kappa shape index (κ3) is 2.42. The molecule has 20 heavy (non-hydrogen) atoms. The molecule has 0 amide bonds. The van der Waals surface area contributed by atoms with Gasteiger partial charge < -0.3 is 9.72 Å². The molecule has 7 heteroatoms. The maximum Gasteiger partial charge on any atom is 0.433 e. The number of alkyl halides is 3. The summed E-state index contributed by atoms with van der Waals surface area (Å²) in [6, 6.07) is 8.47. The summed E-state index contributed by atoms with van der Waals surface area (Å²) < 4.78 is 43.0. The molecule has 0 aliphatic heterocycles. The van der Waals surface area contributed by atoms with Gasteiger partial charge in [-0.3, -0.25) is 0 Å². The molecule has 0 aliphatic rings. The van der Waals surface area contributed by atoms with Crippen molar-refractivity contribution in [2.75, 3.05) is 0 Å². The number of halogens is 3. The summed E-state index contributed by atoms with van der Waals surface area (Å²) in [5.74, 6) is 0.271. The lowest BCUT2D eigenvalue weighted by Crippen LogP contribution is -2.07. The van der Waals surface area contributed by atoms with Crippen LogP contribution in [0.5, 0.6) is 11.6 Å². The van der Waals surface area contributed by atoms with Gasteiger partial charge in [-0.2, -0.15) is 13.2 Å². The molecule has 3 rings (SSSR count). The van der Waals surface area contributed by atoms with E-state index >= 15 is 0 Å². The molecule has 0 fully saturated rings. The van der Waals surface area contributed by atoms with Gasteiger partial charge in [0, 0.05) is 12.1 Å². The van der Waals surface area contributed by atoms with E-state index in [4.69, 9.17) is 4.74 Å². The predicted molar refractivity (Wildman–Crippen MR) is 65.4 cm³/mol. The first-order chi connectivity index (χ1) is 9.52. The first-order valence-electron chi connectivity index (χ1n) is 5.67. The number of imidazole rings is 1. The Morgan fingerprint density at radius 2 is 1.95 bits per heavy atom. The maximum atomic E-state index is 12.5. The molecule has 0 unspecified atom stereocenters. The third-order valence-electron chi connectivity index (χ3n) is 2.63. The molecule has 4 nitrogen and oxygen atoms in total. The molecule has 0 bridgehead atoms. The zero-order chi connectivity index (χ0) is 14.2. The minimum Gasteiger partial charge on any atom is -0.439 e. The molecule has 0 radical (unpaired) electrons. The lowest BCUT2D eigenvalue weighted by atomic mass is 10.3. The van der Waals surface area contributed by atoms with Crippen LogP contribution in [0.15, 0.2) is 42.7 Å². The first-order valence-corrected chi connectivity index (χ1v) is 5.67. The number of pyridine rings is 1. The second-order valence-corrected chi connectivity index (χ2v) is 4.04. The lowest BCUT2D eigenvalue weighted by molar-refractivity contribution is -0.141. The molecule has 0 aliphatic carbocycles. The van der Waals surface area contributed by atoms with Crippen molar-refractivity contribution in [3.05, 3.63) is 48.4 Å². The van der Waals surface area contributed by atoms with Crippen molar-refractivity contribution >= 4 is 11.0 Å².